The number of carbonyl (C=O) groups is 1. The molecule has 0 radical (unpaired) electrons. The quantitative estimate of drug-likeness (QED) is 0.715. The van der Waals surface area contributed by atoms with E-state index in [0.29, 0.717) is 0 Å². The highest BCUT2D eigenvalue weighted by Crippen LogP contribution is 2.26. The third kappa shape index (κ3) is 4.52. The Labute approximate surface area is 117 Å². The van der Waals surface area contributed by atoms with E-state index in [4.69, 9.17) is 0 Å². The number of rotatable bonds is 5. The van der Waals surface area contributed by atoms with Gasteiger partial charge >= 0.3 is 0 Å². The first-order valence-corrected chi connectivity index (χ1v) is 6.37. The van der Waals surface area contributed by atoms with Crippen molar-refractivity contribution in [2.24, 2.45) is 0 Å². The van der Waals surface area contributed by atoms with E-state index in [0.717, 1.165) is 12.1 Å². The van der Waals surface area contributed by atoms with E-state index in [9.17, 15) is 23.8 Å². The number of hydrogen-bond acceptors (Lipinski definition) is 3. The highest BCUT2D eigenvalue weighted by Gasteiger charge is 2.21. The van der Waals surface area contributed by atoms with Crippen LogP contribution in [0.3, 0.4) is 0 Å². The van der Waals surface area contributed by atoms with Crippen LogP contribution in [0.1, 0.15) is 25.0 Å². The zero-order chi connectivity index (χ0) is 14.6. The maximum atomic E-state index is 13.3. The predicted molar refractivity (Wildman–Crippen MR) is 68.3 cm³/mol. The molecule has 106 valence electrons. The number of aliphatic hydroxyl groups excluding tert-OH is 2. The van der Waals surface area contributed by atoms with Crippen molar-refractivity contribution in [2.75, 3.05) is 6.54 Å². The fourth-order valence-electron chi connectivity index (χ4n) is 1.52. The second-order valence-corrected chi connectivity index (χ2v) is 4.88. The van der Waals surface area contributed by atoms with Gasteiger partial charge in [0.05, 0.1) is 10.6 Å². The highest BCUT2D eigenvalue weighted by molar-refractivity contribution is 9.10. The lowest BCUT2D eigenvalue weighted by molar-refractivity contribution is -0.119. The summed E-state index contributed by atoms with van der Waals surface area (Å²) in [5.74, 6) is -1.98. The number of nitrogens with one attached hydrogen (secondary N) is 1. The van der Waals surface area contributed by atoms with Gasteiger partial charge in [-0.05, 0) is 40.0 Å². The summed E-state index contributed by atoms with van der Waals surface area (Å²) in [4.78, 5) is 10.6. The monoisotopic (exact) mass is 337 g/mol. The van der Waals surface area contributed by atoms with Crippen molar-refractivity contribution >= 4 is 21.8 Å². The van der Waals surface area contributed by atoms with Crippen molar-refractivity contribution < 1.29 is 23.8 Å². The van der Waals surface area contributed by atoms with Gasteiger partial charge in [0.2, 0.25) is 5.91 Å². The van der Waals surface area contributed by atoms with Crippen molar-refractivity contribution in [3.05, 3.63) is 33.8 Å². The lowest BCUT2D eigenvalue weighted by Gasteiger charge is -2.18. The molecule has 1 rings (SSSR count). The molecule has 0 aliphatic heterocycles. The van der Waals surface area contributed by atoms with E-state index in [-0.39, 0.29) is 28.9 Å². The maximum absolute atomic E-state index is 13.3. The highest BCUT2D eigenvalue weighted by atomic mass is 79.9. The van der Waals surface area contributed by atoms with Crippen LogP contribution in [0.15, 0.2) is 16.6 Å². The summed E-state index contributed by atoms with van der Waals surface area (Å²) in [6, 6.07) is 1.89. The van der Waals surface area contributed by atoms with Crippen molar-refractivity contribution in [3.63, 3.8) is 0 Å². The van der Waals surface area contributed by atoms with Gasteiger partial charge in [-0.15, -0.1) is 0 Å². The molecule has 1 aromatic carbocycles. The number of aliphatic hydroxyl groups is 2. The second kappa shape index (κ2) is 6.93. The van der Waals surface area contributed by atoms with Crippen molar-refractivity contribution in [3.8, 4) is 0 Å². The molecule has 1 aromatic rings. The fourth-order valence-corrected chi connectivity index (χ4v) is 1.75. The molecule has 0 aromatic heterocycles. The summed E-state index contributed by atoms with van der Waals surface area (Å²) in [5.41, 5.74) is -0.0616. The van der Waals surface area contributed by atoms with Gasteiger partial charge in [0.15, 0.2) is 0 Å². The minimum Gasteiger partial charge on any atom is -0.390 e. The first-order chi connectivity index (χ1) is 8.82. The van der Waals surface area contributed by atoms with E-state index in [1.54, 1.807) is 0 Å². The zero-order valence-electron chi connectivity index (χ0n) is 10.2. The average Bonchev–Trinajstić information content (AvgIpc) is 2.33. The molecule has 7 heteroatoms. The molecule has 0 saturated heterocycles. The van der Waals surface area contributed by atoms with Gasteiger partial charge in [-0.3, -0.25) is 4.79 Å². The van der Waals surface area contributed by atoms with Crippen LogP contribution in [0.5, 0.6) is 0 Å². The molecule has 0 fully saturated rings. The Hall–Kier alpha value is -1.05. The molecule has 2 atom stereocenters. The zero-order valence-corrected chi connectivity index (χ0v) is 11.7. The van der Waals surface area contributed by atoms with Gasteiger partial charge in [-0.25, -0.2) is 8.78 Å². The Morgan fingerprint density at radius 2 is 1.89 bits per heavy atom. The van der Waals surface area contributed by atoms with Crippen LogP contribution < -0.4 is 5.32 Å². The first kappa shape index (κ1) is 16.0. The lowest BCUT2D eigenvalue weighted by atomic mass is 10.0. The van der Waals surface area contributed by atoms with Crippen LogP contribution in [-0.4, -0.2) is 28.8 Å². The van der Waals surface area contributed by atoms with Crippen LogP contribution >= 0.6 is 15.9 Å². The molecule has 0 spiro atoms. The summed E-state index contributed by atoms with van der Waals surface area (Å²) in [6.45, 7) is 1.48. The van der Waals surface area contributed by atoms with Gasteiger partial charge in [-0.1, -0.05) is 0 Å². The Bertz CT molecular complexity index is 447. The van der Waals surface area contributed by atoms with E-state index in [1.165, 1.54) is 6.92 Å². The van der Waals surface area contributed by atoms with Crippen molar-refractivity contribution in [2.45, 2.75) is 25.6 Å². The summed E-state index contributed by atoms with van der Waals surface area (Å²) in [5, 5.41) is 21.9. The van der Waals surface area contributed by atoms with Crippen LogP contribution in [-0.2, 0) is 4.79 Å². The minimum absolute atomic E-state index is 0.0616. The SMILES string of the molecule is CC(=O)NCCC(O)C(O)c1cc(F)c(Br)c(F)c1. The molecular formula is C12H14BrF2NO3. The number of benzene rings is 1. The minimum atomic E-state index is -1.43. The molecule has 2 unspecified atom stereocenters. The number of carbonyl (C=O) groups excluding carboxylic acids is 1. The molecule has 1 amide bonds. The summed E-state index contributed by atoms with van der Waals surface area (Å²) < 4.78 is 26.2. The molecule has 0 aliphatic rings. The van der Waals surface area contributed by atoms with Crippen molar-refractivity contribution in [1.29, 1.82) is 0 Å². The van der Waals surface area contributed by atoms with Crippen LogP contribution in [0, 0.1) is 11.6 Å². The molecule has 3 N–H and O–H groups in total. The van der Waals surface area contributed by atoms with Crippen LogP contribution in [0.2, 0.25) is 0 Å². The molecule has 0 bridgehead atoms. The smallest absolute Gasteiger partial charge is 0.216 e. The Morgan fingerprint density at radius 3 is 2.37 bits per heavy atom. The first-order valence-electron chi connectivity index (χ1n) is 5.58. The molecular weight excluding hydrogens is 324 g/mol. The van der Waals surface area contributed by atoms with Gasteiger partial charge in [-0.2, -0.15) is 0 Å². The van der Waals surface area contributed by atoms with Gasteiger partial charge in [0, 0.05) is 13.5 Å². The van der Waals surface area contributed by atoms with Gasteiger partial charge < -0.3 is 15.5 Å². The lowest BCUT2D eigenvalue weighted by Crippen LogP contribution is -2.27. The standard InChI is InChI=1S/C12H14BrF2NO3/c1-6(17)16-3-2-10(18)12(19)7-4-8(14)11(13)9(15)5-7/h4-5,10,12,18-19H,2-3H2,1H3,(H,16,17). The van der Waals surface area contributed by atoms with Gasteiger partial charge in [0.1, 0.15) is 17.7 Å². The Kier molecular flexibility index (Phi) is 5.84. The predicted octanol–water partition coefficient (Wildman–Crippen LogP) is 1.65. The molecule has 0 heterocycles. The molecule has 0 saturated carbocycles. The van der Waals surface area contributed by atoms with E-state index in [2.05, 4.69) is 21.2 Å². The van der Waals surface area contributed by atoms with E-state index < -0.39 is 23.8 Å². The number of hydrogen-bond donors (Lipinski definition) is 3. The van der Waals surface area contributed by atoms with Gasteiger partial charge in [0.25, 0.3) is 0 Å². The summed E-state index contributed by atoms with van der Waals surface area (Å²) >= 11 is 2.72. The van der Waals surface area contributed by atoms with Crippen LogP contribution in [0.4, 0.5) is 8.78 Å². The second-order valence-electron chi connectivity index (χ2n) is 4.08. The summed E-state index contributed by atoms with van der Waals surface area (Å²) in [6.07, 6.45) is -2.59. The molecule has 4 nitrogen and oxygen atoms in total. The largest absolute Gasteiger partial charge is 0.390 e. The average molecular weight is 338 g/mol. The topological polar surface area (TPSA) is 69.6 Å². The van der Waals surface area contributed by atoms with Crippen LogP contribution in [0.25, 0.3) is 0 Å². The fraction of sp³-hybridized carbons (Fsp3) is 0.417. The Balaban J connectivity index is 2.71. The third-order valence-corrected chi connectivity index (χ3v) is 3.28. The van der Waals surface area contributed by atoms with E-state index in [1.807, 2.05) is 0 Å². The third-order valence-electron chi connectivity index (χ3n) is 2.53. The molecule has 19 heavy (non-hydrogen) atoms. The Morgan fingerprint density at radius 1 is 1.37 bits per heavy atom. The number of halogens is 3. The number of amides is 1. The molecule has 0 aliphatic carbocycles. The van der Waals surface area contributed by atoms with E-state index >= 15 is 0 Å². The normalized spacial score (nSPS) is 14.0. The van der Waals surface area contributed by atoms with Crippen molar-refractivity contribution in [1.82, 2.24) is 5.32 Å². The summed E-state index contributed by atoms with van der Waals surface area (Å²) in [7, 11) is 0. The maximum Gasteiger partial charge on any atom is 0.216 e.